The molecular formula is C14H16FN3O2. The van der Waals surface area contributed by atoms with Gasteiger partial charge in [0.15, 0.2) is 0 Å². The van der Waals surface area contributed by atoms with Gasteiger partial charge in [-0.2, -0.15) is 0 Å². The van der Waals surface area contributed by atoms with Crippen molar-refractivity contribution in [2.75, 3.05) is 26.0 Å². The molecule has 0 fully saturated rings. The predicted octanol–water partition coefficient (Wildman–Crippen LogP) is 1.72. The van der Waals surface area contributed by atoms with Gasteiger partial charge in [0.25, 0.3) is 5.91 Å². The minimum atomic E-state index is -0.510. The Morgan fingerprint density at radius 3 is 3.00 bits per heavy atom. The number of pyridine rings is 1. The third kappa shape index (κ3) is 2.85. The first-order valence-electron chi connectivity index (χ1n) is 6.25. The van der Waals surface area contributed by atoms with E-state index in [-0.39, 0.29) is 11.1 Å². The second-order valence-corrected chi connectivity index (χ2v) is 4.32. The minimum Gasteiger partial charge on any atom is -0.398 e. The van der Waals surface area contributed by atoms with E-state index in [1.165, 1.54) is 18.3 Å². The highest BCUT2D eigenvalue weighted by atomic mass is 19.1. The molecule has 0 radical (unpaired) electrons. The van der Waals surface area contributed by atoms with Crippen molar-refractivity contribution in [1.29, 1.82) is 0 Å². The Kier molecular flexibility index (Phi) is 4.47. The van der Waals surface area contributed by atoms with Crippen LogP contribution in [0.15, 0.2) is 24.4 Å². The van der Waals surface area contributed by atoms with E-state index < -0.39 is 11.7 Å². The second-order valence-electron chi connectivity index (χ2n) is 4.32. The van der Waals surface area contributed by atoms with Crippen LogP contribution in [-0.2, 0) is 4.74 Å². The van der Waals surface area contributed by atoms with Crippen LogP contribution in [0, 0.1) is 5.82 Å². The summed E-state index contributed by atoms with van der Waals surface area (Å²) in [5.41, 5.74) is 6.25. The van der Waals surface area contributed by atoms with Crippen molar-refractivity contribution in [2.24, 2.45) is 0 Å². The van der Waals surface area contributed by atoms with E-state index in [1.807, 2.05) is 0 Å². The van der Waals surface area contributed by atoms with E-state index in [0.717, 1.165) is 0 Å². The normalized spacial score (nSPS) is 10.7. The number of hydrogen-bond acceptors (Lipinski definition) is 4. The number of carbonyl (C=O) groups is 1. The molecule has 0 spiro atoms. The number of nitrogens with zero attached hydrogens (tertiary/aromatic N) is 1. The molecular weight excluding hydrogens is 261 g/mol. The van der Waals surface area contributed by atoms with Gasteiger partial charge in [-0.25, -0.2) is 4.39 Å². The Bertz CT molecular complexity index is 631. The first-order chi connectivity index (χ1) is 9.65. The maximum Gasteiger partial charge on any atom is 0.270 e. The number of hydrogen-bond donors (Lipinski definition) is 2. The number of fused-ring (bicyclic) bond motifs is 1. The summed E-state index contributed by atoms with van der Waals surface area (Å²) in [6, 6.07) is 4.30. The lowest BCUT2D eigenvalue weighted by Crippen LogP contribution is -2.26. The van der Waals surface area contributed by atoms with Crippen LogP contribution in [0.5, 0.6) is 0 Å². The van der Waals surface area contributed by atoms with Crippen LogP contribution >= 0.6 is 0 Å². The molecule has 0 aliphatic rings. The molecule has 3 N–H and O–H groups in total. The average Bonchev–Trinajstić information content (AvgIpc) is 2.47. The van der Waals surface area contributed by atoms with E-state index in [1.54, 1.807) is 13.2 Å². The molecule has 20 heavy (non-hydrogen) atoms. The van der Waals surface area contributed by atoms with Crippen LogP contribution < -0.4 is 11.1 Å². The largest absolute Gasteiger partial charge is 0.398 e. The van der Waals surface area contributed by atoms with Gasteiger partial charge in [-0.05, 0) is 24.6 Å². The molecule has 1 aromatic carbocycles. The number of carbonyl (C=O) groups excluding carboxylic acids is 1. The monoisotopic (exact) mass is 277 g/mol. The molecule has 2 rings (SSSR count). The van der Waals surface area contributed by atoms with Gasteiger partial charge in [0, 0.05) is 37.5 Å². The summed E-state index contributed by atoms with van der Waals surface area (Å²) in [6.07, 6.45) is 2.12. The van der Waals surface area contributed by atoms with Crippen molar-refractivity contribution in [1.82, 2.24) is 10.3 Å². The van der Waals surface area contributed by atoms with Crippen LogP contribution in [0.25, 0.3) is 10.8 Å². The number of halogens is 1. The standard InChI is InChI=1S/C14H16FN3O2/c1-20-8-2-6-18-14(19)13-12-9(5-7-17-13)11(16)4-3-10(12)15/h3-5,7H,2,6,8,16H2,1H3,(H,18,19). The van der Waals surface area contributed by atoms with Gasteiger partial charge >= 0.3 is 0 Å². The molecule has 0 atom stereocenters. The molecule has 1 amide bonds. The number of anilines is 1. The second kappa shape index (κ2) is 6.29. The lowest BCUT2D eigenvalue weighted by atomic mass is 10.1. The van der Waals surface area contributed by atoms with Crippen LogP contribution in [-0.4, -0.2) is 31.2 Å². The number of rotatable bonds is 5. The van der Waals surface area contributed by atoms with Crippen molar-refractivity contribution < 1.29 is 13.9 Å². The third-order valence-electron chi connectivity index (χ3n) is 2.94. The van der Waals surface area contributed by atoms with Gasteiger partial charge in [0.05, 0.1) is 5.39 Å². The number of amides is 1. The van der Waals surface area contributed by atoms with Crippen LogP contribution in [0.3, 0.4) is 0 Å². The molecule has 1 heterocycles. The highest BCUT2D eigenvalue weighted by Gasteiger charge is 2.15. The number of nitrogens with one attached hydrogen (secondary N) is 1. The van der Waals surface area contributed by atoms with Gasteiger partial charge in [0.1, 0.15) is 11.5 Å². The van der Waals surface area contributed by atoms with Crippen molar-refractivity contribution in [2.45, 2.75) is 6.42 Å². The summed E-state index contributed by atoms with van der Waals surface area (Å²) < 4.78 is 18.8. The summed E-state index contributed by atoms with van der Waals surface area (Å²) in [4.78, 5) is 16.0. The zero-order valence-corrected chi connectivity index (χ0v) is 11.1. The molecule has 0 saturated carbocycles. The van der Waals surface area contributed by atoms with Crippen LogP contribution in [0.1, 0.15) is 16.9 Å². The van der Waals surface area contributed by atoms with Crippen molar-refractivity contribution >= 4 is 22.4 Å². The summed E-state index contributed by atoms with van der Waals surface area (Å²) in [5.74, 6) is -0.930. The topological polar surface area (TPSA) is 77.2 Å². The maximum atomic E-state index is 13.9. The molecule has 5 nitrogen and oxygen atoms in total. The third-order valence-corrected chi connectivity index (χ3v) is 2.94. The zero-order valence-electron chi connectivity index (χ0n) is 11.1. The number of nitrogen functional groups attached to an aromatic ring is 1. The number of methoxy groups -OCH3 is 1. The number of ether oxygens (including phenoxy) is 1. The van der Waals surface area contributed by atoms with Crippen LogP contribution in [0.2, 0.25) is 0 Å². The Labute approximate surface area is 115 Å². The quantitative estimate of drug-likeness (QED) is 0.644. The summed E-state index contributed by atoms with van der Waals surface area (Å²) in [6.45, 7) is 0.985. The van der Waals surface area contributed by atoms with Gasteiger partial charge in [-0.15, -0.1) is 0 Å². The molecule has 106 valence electrons. The summed E-state index contributed by atoms with van der Waals surface area (Å²) in [7, 11) is 1.59. The summed E-state index contributed by atoms with van der Waals surface area (Å²) in [5, 5.41) is 3.32. The zero-order chi connectivity index (χ0) is 14.5. The molecule has 0 aliphatic carbocycles. The minimum absolute atomic E-state index is 0.0460. The van der Waals surface area contributed by atoms with E-state index in [9.17, 15) is 9.18 Å². The fourth-order valence-corrected chi connectivity index (χ4v) is 1.95. The van der Waals surface area contributed by atoms with Crippen molar-refractivity contribution in [3.8, 4) is 0 Å². The van der Waals surface area contributed by atoms with Crippen molar-refractivity contribution in [3.05, 3.63) is 35.9 Å². The van der Waals surface area contributed by atoms with E-state index in [2.05, 4.69) is 10.3 Å². The Hall–Kier alpha value is -2.21. The number of benzene rings is 1. The van der Waals surface area contributed by atoms with E-state index in [4.69, 9.17) is 10.5 Å². The predicted molar refractivity (Wildman–Crippen MR) is 74.9 cm³/mol. The Morgan fingerprint density at radius 1 is 1.45 bits per heavy atom. The fraction of sp³-hybridized carbons (Fsp3) is 0.286. The smallest absolute Gasteiger partial charge is 0.270 e. The molecule has 0 saturated heterocycles. The van der Waals surface area contributed by atoms with Gasteiger partial charge in [0.2, 0.25) is 0 Å². The SMILES string of the molecule is COCCCNC(=O)c1nccc2c(N)ccc(F)c12. The molecule has 1 aromatic heterocycles. The Morgan fingerprint density at radius 2 is 2.25 bits per heavy atom. The molecule has 2 aromatic rings. The highest BCUT2D eigenvalue weighted by Crippen LogP contribution is 2.25. The van der Waals surface area contributed by atoms with Gasteiger partial charge in [-0.1, -0.05) is 0 Å². The van der Waals surface area contributed by atoms with Crippen molar-refractivity contribution in [3.63, 3.8) is 0 Å². The molecule has 0 bridgehead atoms. The lowest BCUT2D eigenvalue weighted by Gasteiger charge is -2.09. The van der Waals surface area contributed by atoms with Crippen LogP contribution in [0.4, 0.5) is 10.1 Å². The number of aromatic nitrogens is 1. The summed E-state index contributed by atoms with van der Waals surface area (Å²) >= 11 is 0. The van der Waals surface area contributed by atoms with Gasteiger partial charge < -0.3 is 15.8 Å². The average molecular weight is 277 g/mol. The van der Waals surface area contributed by atoms with Gasteiger partial charge in [-0.3, -0.25) is 9.78 Å². The first kappa shape index (κ1) is 14.2. The lowest BCUT2D eigenvalue weighted by molar-refractivity contribution is 0.0945. The van der Waals surface area contributed by atoms with E-state index >= 15 is 0 Å². The Balaban J connectivity index is 2.30. The highest BCUT2D eigenvalue weighted by molar-refractivity contribution is 6.08. The molecule has 6 heteroatoms. The van der Waals surface area contributed by atoms with E-state index in [0.29, 0.717) is 30.6 Å². The first-order valence-corrected chi connectivity index (χ1v) is 6.25. The molecule has 0 unspecified atom stereocenters. The number of nitrogens with two attached hydrogens (primary N) is 1. The maximum absolute atomic E-state index is 13.9. The fourth-order valence-electron chi connectivity index (χ4n) is 1.95. The molecule has 0 aliphatic heterocycles.